The van der Waals surface area contributed by atoms with Crippen LogP contribution in [0.1, 0.15) is 0 Å². The average molecular weight is 737 g/mol. The van der Waals surface area contributed by atoms with Crippen LogP contribution in [0.2, 0.25) is 0 Å². The lowest BCUT2D eigenvalue weighted by atomic mass is 9.89. The molecule has 266 valence electrons. The van der Waals surface area contributed by atoms with Gasteiger partial charge in [-0.1, -0.05) is 133 Å². The molecule has 4 heteroatoms. The Bertz CT molecular complexity index is 3960. The van der Waals surface area contributed by atoms with Gasteiger partial charge in [0.1, 0.15) is 22.3 Å². The molecule has 0 unspecified atom stereocenters. The van der Waals surface area contributed by atoms with Gasteiger partial charge in [-0.25, -0.2) is 0 Å². The van der Waals surface area contributed by atoms with Gasteiger partial charge in [0.2, 0.25) is 0 Å². The van der Waals surface area contributed by atoms with Crippen LogP contribution in [0.4, 0.5) is 0 Å². The number of aromatic nitrogens is 2. The van der Waals surface area contributed by atoms with Gasteiger partial charge >= 0.3 is 0 Å². The summed E-state index contributed by atoms with van der Waals surface area (Å²) in [5.41, 5.74) is 15.6. The first-order valence-corrected chi connectivity index (χ1v) is 19.9. The largest absolute Gasteiger partial charge is 0.456 e. The smallest absolute Gasteiger partial charge is 0.136 e. The van der Waals surface area contributed by atoms with E-state index in [2.05, 4.69) is 179 Å². The number of benzene rings is 9. The van der Waals surface area contributed by atoms with E-state index in [-0.39, 0.29) is 0 Å². The van der Waals surface area contributed by atoms with Crippen molar-refractivity contribution in [2.75, 3.05) is 0 Å². The van der Waals surface area contributed by atoms with Crippen LogP contribution in [-0.4, -0.2) is 8.80 Å². The van der Waals surface area contributed by atoms with Crippen molar-refractivity contribution in [2.45, 2.75) is 0 Å². The summed E-state index contributed by atoms with van der Waals surface area (Å²) in [7, 11) is 0. The summed E-state index contributed by atoms with van der Waals surface area (Å²) in [5.74, 6) is 0. The molecule has 0 aliphatic heterocycles. The molecule has 0 saturated heterocycles. The van der Waals surface area contributed by atoms with Crippen molar-refractivity contribution >= 4 is 120 Å². The number of hydrogen-bond donors (Lipinski definition) is 0. The summed E-state index contributed by atoms with van der Waals surface area (Å²) in [6.07, 6.45) is 0. The minimum Gasteiger partial charge on any atom is -0.456 e. The Hall–Kier alpha value is -7.82. The molecule has 0 aliphatic rings. The Kier molecular flexibility index (Phi) is 5.14. The quantitative estimate of drug-likeness (QED) is 0.177. The molecule has 58 heavy (non-hydrogen) atoms. The van der Waals surface area contributed by atoms with E-state index in [0.29, 0.717) is 0 Å². The van der Waals surface area contributed by atoms with Crippen LogP contribution in [0.15, 0.2) is 179 Å². The van der Waals surface area contributed by atoms with E-state index >= 15 is 0 Å². The van der Waals surface area contributed by atoms with Crippen molar-refractivity contribution < 1.29 is 8.83 Å². The SMILES string of the molecule is c1ccc(-c2c3c4cc5oc6ccccc6c5c5c6ccccc6n(c3c(-c3ccccc3)c3c6cc7oc8ccccc8c7c7c8ccccc8n(c23)c67)c45)cc1. The minimum absolute atomic E-state index is 0.907. The molecule has 9 aromatic carbocycles. The fourth-order valence-electron chi connectivity index (χ4n) is 11.1. The van der Waals surface area contributed by atoms with E-state index < -0.39 is 0 Å². The maximum atomic E-state index is 6.80. The summed E-state index contributed by atoms with van der Waals surface area (Å²) in [6, 6.07) is 61.5. The van der Waals surface area contributed by atoms with Gasteiger partial charge in [-0.05, 0) is 47.5 Å². The lowest BCUT2D eigenvalue weighted by Gasteiger charge is -2.15. The van der Waals surface area contributed by atoms with Crippen LogP contribution < -0.4 is 0 Å². The maximum absolute atomic E-state index is 6.80. The third-order valence-corrected chi connectivity index (χ3v) is 13.1. The molecule has 0 spiro atoms. The molecule has 0 amide bonds. The first-order chi connectivity index (χ1) is 28.8. The Morgan fingerprint density at radius 2 is 0.655 bits per heavy atom. The van der Waals surface area contributed by atoms with E-state index in [4.69, 9.17) is 8.83 Å². The second-order valence-electron chi connectivity index (χ2n) is 15.9. The molecule has 15 aromatic rings. The van der Waals surface area contributed by atoms with E-state index in [9.17, 15) is 0 Å². The van der Waals surface area contributed by atoms with Crippen LogP contribution in [0.5, 0.6) is 0 Å². The summed E-state index contributed by atoms with van der Waals surface area (Å²) in [4.78, 5) is 0. The minimum atomic E-state index is 0.907. The highest BCUT2D eigenvalue weighted by Gasteiger charge is 2.32. The first kappa shape index (κ1) is 29.5. The van der Waals surface area contributed by atoms with Gasteiger partial charge in [-0.2, -0.15) is 0 Å². The Balaban J connectivity index is 1.34. The topological polar surface area (TPSA) is 35.1 Å². The number of rotatable bonds is 2. The predicted octanol–water partition coefficient (Wildman–Crippen LogP) is 15.1. The van der Waals surface area contributed by atoms with E-state index in [1.165, 1.54) is 109 Å². The molecule has 15 rings (SSSR count). The Labute approximate surface area is 328 Å². The van der Waals surface area contributed by atoms with Gasteiger partial charge in [-0.3, -0.25) is 0 Å². The first-order valence-electron chi connectivity index (χ1n) is 19.9. The fourth-order valence-corrected chi connectivity index (χ4v) is 11.1. The van der Waals surface area contributed by atoms with E-state index in [0.717, 1.165) is 33.1 Å². The normalized spacial score (nSPS) is 12.8. The van der Waals surface area contributed by atoms with Crippen molar-refractivity contribution in [3.05, 3.63) is 170 Å². The van der Waals surface area contributed by atoms with Crippen molar-refractivity contribution in [1.82, 2.24) is 8.80 Å². The molecule has 0 N–H and O–H groups in total. The molecular formula is C54H28N2O2. The van der Waals surface area contributed by atoms with Crippen molar-refractivity contribution in [1.29, 1.82) is 0 Å². The molecule has 0 radical (unpaired) electrons. The van der Waals surface area contributed by atoms with Crippen LogP contribution in [-0.2, 0) is 0 Å². The number of nitrogens with zero attached hydrogens (tertiary/aromatic N) is 2. The zero-order chi connectivity index (χ0) is 37.4. The molecule has 0 bridgehead atoms. The molecule has 6 aromatic heterocycles. The molecule has 0 fully saturated rings. The molecule has 0 saturated carbocycles. The van der Waals surface area contributed by atoms with E-state index in [1.807, 2.05) is 0 Å². The molecular weight excluding hydrogens is 709 g/mol. The molecule has 6 heterocycles. The van der Waals surface area contributed by atoms with Gasteiger partial charge in [0.25, 0.3) is 0 Å². The monoisotopic (exact) mass is 736 g/mol. The van der Waals surface area contributed by atoms with Crippen LogP contribution in [0, 0.1) is 0 Å². The third kappa shape index (κ3) is 3.30. The van der Waals surface area contributed by atoms with Crippen LogP contribution in [0.25, 0.3) is 142 Å². The summed E-state index contributed by atoms with van der Waals surface area (Å²) < 4.78 is 18.8. The highest BCUT2D eigenvalue weighted by molar-refractivity contribution is 6.43. The summed E-state index contributed by atoms with van der Waals surface area (Å²) in [5, 5.41) is 14.4. The Morgan fingerprint density at radius 1 is 0.276 bits per heavy atom. The second kappa shape index (κ2) is 10.1. The number of para-hydroxylation sites is 4. The lowest BCUT2D eigenvalue weighted by molar-refractivity contribution is 0.669. The Morgan fingerprint density at radius 3 is 1.10 bits per heavy atom. The highest BCUT2D eigenvalue weighted by atomic mass is 16.3. The standard InChI is InChI=1S/C54H28N2O2/c1-3-15-29(16-4-1)43-49-35-27-41-45(33-21-9-13-25-39(33)57-41)47-32-20-8-12-24-38(32)56(51(35)47)54(49)44(30-17-5-2-6-18-30)50-36-28-42-46(34-22-10-14-26-40(34)58-42)48-31-19-7-11-23-37(31)55(52(36)48)53(43)50/h1-28H. The predicted molar refractivity (Wildman–Crippen MR) is 241 cm³/mol. The van der Waals surface area contributed by atoms with Crippen molar-refractivity contribution in [3.8, 4) is 22.3 Å². The zero-order valence-corrected chi connectivity index (χ0v) is 30.9. The lowest BCUT2D eigenvalue weighted by Crippen LogP contribution is -1.93. The van der Waals surface area contributed by atoms with Crippen LogP contribution in [0.3, 0.4) is 0 Å². The van der Waals surface area contributed by atoms with Gasteiger partial charge < -0.3 is 17.6 Å². The van der Waals surface area contributed by atoms with E-state index in [1.54, 1.807) is 0 Å². The third-order valence-electron chi connectivity index (χ3n) is 13.1. The highest BCUT2D eigenvalue weighted by Crippen LogP contribution is 2.56. The average Bonchev–Trinajstić information content (AvgIpc) is 4.12. The number of hydrogen-bond acceptors (Lipinski definition) is 2. The van der Waals surface area contributed by atoms with Crippen molar-refractivity contribution in [3.63, 3.8) is 0 Å². The maximum Gasteiger partial charge on any atom is 0.136 e. The molecule has 0 aliphatic carbocycles. The molecule has 0 atom stereocenters. The summed E-state index contributed by atoms with van der Waals surface area (Å²) in [6.45, 7) is 0. The number of furan rings is 2. The summed E-state index contributed by atoms with van der Waals surface area (Å²) >= 11 is 0. The van der Waals surface area contributed by atoms with Gasteiger partial charge in [0, 0.05) is 75.8 Å². The van der Waals surface area contributed by atoms with Gasteiger partial charge in [0.05, 0.1) is 33.1 Å². The van der Waals surface area contributed by atoms with Crippen LogP contribution >= 0.6 is 0 Å². The number of fused-ring (bicyclic) bond motifs is 20. The van der Waals surface area contributed by atoms with Gasteiger partial charge in [-0.15, -0.1) is 0 Å². The van der Waals surface area contributed by atoms with Crippen molar-refractivity contribution in [2.24, 2.45) is 0 Å². The zero-order valence-electron chi connectivity index (χ0n) is 30.9. The molecule has 4 nitrogen and oxygen atoms in total. The van der Waals surface area contributed by atoms with Gasteiger partial charge in [0.15, 0.2) is 0 Å². The fraction of sp³-hybridized carbons (Fsp3) is 0. The second-order valence-corrected chi connectivity index (χ2v) is 15.9.